The second-order valence-corrected chi connectivity index (χ2v) is 6.30. The highest BCUT2D eigenvalue weighted by molar-refractivity contribution is 6.30. The molecule has 2 aliphatic rings. The Labute approximate surface area is 130 Å². The molecule has 21 heavy (non-hydrogen) atoms. The fourth-order valence-electron chi connectivity index (χ4n) is 3.63. The number of halogens is 1. The summed E-state index contributed by atoms with van der Waals surface area (Å²) in [4.78, 5) is 0. The zero-order valence-electron chi connectivity index (χ0n) is 11.8. The fraction of sp³-hybridized carbons (Fsp3) is 0.333. The molecule has 0 aliphatic carbocycles. The standard InChI is InChI=1S/C18H18ClNO/c19-13-8-9-16-15(11-13)18-14(7-4-10-21-18)17(20-16)12-5-2-1-3-6-12/h1-3,5-6,8-9,11,14,17-18,20H,4,7,10H2/t14-,17-,18+/m0/s1. The van der Waals surface area contributed by atoms with E-state index in [0.29, 0.717) is 12.0 Å². The third-order valence-corrected chi connectivity index (χ3v) is 4.82. The van der Waals surface area contributed by atoms with Crippen molar-refractivity contribution >= 4 is 17.3 Å². The van der Waals surface area contributed by atoms with Gasteiger partial charge in [0.25, 0.3) is 0 Å². The quantitative estimate of drug-likeness (QED) is 0.802. The second-order valence-electron chi connectivity index (χ2n) is 5.86. The highest BCUT2D eigenvalue weighted by Crippen LogP contribution is 2.49. The molecule has 0 bridgehead atoms. The summed E-state index contributed by atoms with van der Waals surface area (Å²) in [6.45, 7) is 0.842. The topological polar surface area (TPSA) is 21.3 Å². The van der Waals surface area contributed by atoms with Crippen LogP contribution in [0.5, 0.6) is 0 Å². The van der Waals surface area contributed by atoms with Gasteiger partial charge < -0.3 is 10.1 Å². The van der Waals surface area contributed by atoms with E-state index in [1.165, 1.54) is 17.5 Å². The Balaban J connectivity index is 1.79. The molecule has 0 saturated carbocycles. The van der Waals surface area contributed by atoms with Crippen molar-refractivity contribution in [3.63, 3.8) is 0 Å². The third-order valence-electron chi connectivity index (χ3n) is 4.59. The van der Waals surface area contributed by atoms with E-state index in [9.17, 15) is 0 Å². The van der Waals surface area contributed by atoms with E-state index in [4.69, 9.17) is 16.3 Å². The molecule has 2 aromatic rings. The van der Waals surface area contributed by atoms with Gasteiger partial charge in [0, 0.05) is 28.8 Å². The van der Waals surface area contributed by atoms with Crippen LogP contribution in [0, 0.1) is 5.92 Å². The van der Waals surface area contributed by atoms with Crippen LogP contribution in [-0.4, -0.2) is 6.61 Å². The van der Waals surface area contributed by atoms with Gasteiger partial charge in [-0.25, -0.2) is 0 Å². The smallest absolute Gasteiger partial charge is 0.0896 e. The van der Waals surface area contributed by atoms with Crippen LogP contribution in [-0.2, 0) is 4.74 Å². The number of hydrogen-bond donors (Lipinski definition) is 1. The molecule has 3 atom stereocenters. The molecular formula is C18H18ClNO. The van der Waals surface area contributed by atoms with Crippen LogP contribution >= 0.6 is 11.6 Å². The molecule has 4 rings (SSSR count). The van der Waals surface area contributed by atoms with Crippen LogP contribution in [0.2, 0.25) is 5.02 Å². The minimum atomic E-state index is 0.152. The molecule has 0 aromatic heterocycles. The molecule has 108 valence electrons. The summed E-state index contributed by atoms with van der Waals surface area (Å²) in [5.74, 6) is 0.465. The van der Waals surface area contributed by atoms with Gasteiger partial charge in [0.05, 0.1) is 12.1 Å². The number of fused-ring (bicyclic) bond motifs is 3. The van der Waals surface area contributed by atoms with Gasteiger partial charge in [0.1, 0.15) is 0 Å². The monoisotopic (exact) mass is 299 g/mol. The lowest BCUT2D eigenvalue weighted by atomic mass is 9.77. The van der Waals surface area contributed by atoms with Crippen molar-refractivity contribution in [1.82, 2.24) is 0 Å². The maximum atomic E-state index is 6.18. The molecular weight excluding hydrogens is 282 g/mol. The minimum Gasteiger partial charge on any atom is -0.378 e. The minimum absolute atomic E-state index is 0.152. The first-order chi connectivity index (χ1) is 10.3. The van der Waals surface area contributed by atoms with Crippen molar-refractivity contribution in [2.24, 2.45) is 5.92 Å². The number of benzene rings is 2. The van der Waals surface area contributed by atoms with E-state index in [1.54, 1.807) is 0 Å². The largest absolute Gasteiger partial charge is 0.378 e. The molecule has 2 nitrogen and oxygen atoms in total. The normalized spacial score (nSPS) is 27.4. The van der Waals surface area contributed by atoms with Crippen molar-refractivity contribution in [3.8, 4) is 0 Å². The predicted molar refractivity (Wildman–Crippen MR) is 85.7 cm³/mol. The van der Waals surface area contributed by atoms with Crippen LogP contribution in [0.4, 0.5) is 5.69 Å². The lowest BCUT2D eigenvalue weighted by molar-refractivity contribution is -0.0381. The lowest BCUT2D eigenvalue weighted by Gasteiger charge is -2.43. The van der Waals surface area contributed by atoms with Gasteiger partial charge >= 0.3 is 0 Å². The molecule has 0 amide bonds. The summed E-state index contributed by atoms with van der Waals surface area (Å²) in [5, 5.41) is 4.48. The van der Waals surface area contributed by atoms with Gasteiger partial charge in [-0.15, -0.1) is 0 Å². The van der Waals surface area contributed by atoms with Gasteiger partial charge in [-0.05, 0) is 36.6 Å². The van der Waals surface area contributed by atoms with Gasteiger partial charge in [0.2, 0.25) is 0 Å². The predicted octanol–water partition coefficient (Wildman–Crippen LogP) is 4.97. The molecule has 0 unspecified atom stereocenters. The van der Waals surface area contributed by atoms with E-state index in [0.717, 1.165) is 23.7 Å². The molecule has 1 fully saturated rings. The van der Waals surface area contributed by atoms with Crippen LogP contribution < -0.4 is 5.32 Å². The summed E-state index contributed by atoms with van der Waals surface area (Å²) in [7, 11) is 0. The zero-order valence-corrected chi connectivity index (χ0v) is 12.5. The van der Waals surface area contributed by atoms with Crippen molar-refractivity contribution in [1.29, 1.82) is 0 Å². The molecule has 2 aliphatic heterocycles. The number of anilines is 1. The fourth-order valence-corrected chi connectivity index (χ4v) is 3.81. The lowest BCUT2D eigenvalue weighted by Crippen LogP contribution is -2.35. The molecule has 0 radical (unpaired) electrons. The van der Waals surface area contributed by atoms with Crippen molar-refractivity contribution in [2.45, 2.75) is 25.0 Å². The Hall–Kier alpha value is -1.51. The van der Waals surface area contributed by atoms with Crippen LogP contribution in [0.1, 0.15) is 36.1 Å². The summed E-state index contributed by atoms with van der Waals surface area (Å²) in [5.41, 5.74) is 3.69. The van der Waals surface area contributed by atoms with Crippen LogP contribution in [0.15, 0.2) is 48.5 Å². The van der Waals surface area contributed by atoms with Crippen molar-refractivity contribution in [3.05, 3.63) is 64.7 Å². The Morgan fingerprint density at radius 2 is 1.95 bits per heavy atom. The summed E-state index contributed by atoms with van der Waals surface area (Å²) in [6, 6.07) is 17.0. The molecule has 2 heterocycles. The molecule has 2 aromatic carbocycles. The molecule has 0 spiro atoms. The van der Waals surface area contributed by atoms with Gasteiger partial charge in [-0.2, -0.15) is 0 Å². The Bertz CT molecular complexity index is 643. The number of nitrogens with one attached hydrogen (secondary N) is 1. The highest BCUT2D eigenvalue weighted by atomic mass is 35.5. The SMILES string of the molecule is Clc1ccc2c(c1)[C@@H]1OCCC[C@H]1[C@H](c1ccccc1)N2. The Morgan fingerprint density at radius 1 is 1.10 bits per heavy atom. The summed E-state index contributed by atoms with van der Waals surface area (Å²) in [6.07, 6.45) is 2.46. The second kappa shape index (κ2) is 5.36. The van der Waals surface area contributed by atoms with Crippen LogP contribution in [0.3, 0.4) is 0 Å². The first-order valence-electron chi connectivity index (χ1n) is 7.55. The van der Waals surface area contributed by atoms with E-state index in [2.05, 4.69) is 41.7 Å². The first-order valence-corrected chi connectivity index (χ1v) is 7.93. The maximum Gasteiger partial charge on any atom is 0.0896 e. The van der Waals surface area contributed by atoms with E-state index >= 15 is 0 Å². The Morgan fingerprint density at radius 3 is 2.81 bits per heavy atom. The van der Waals surface area contributed by atoms with E-state index in [1.807, 2.05) is 12.1 Å². The van der Waals surface area contributed by atoms with Crippen molar-refractivity contribution < 1.29 is 4.74 Å². The van der Waals surface area contributed by atoms with Crippen molar-refractivity contribution in [2.75, 3.05) is 11.9 Å². The molecule has 1 N–H and O–H groups in total. The molecule has 3 heteroatoms. The summed E-state index contributed by atoms with van der Waals surface area (Å²) < 4.78 is 6.12. The highest BCUT2D eigenvalue weighted by Gasteiger charge is 2.39. The van der Waals surface area contributed by atoms with E-state index in [-0.39, 0.29) is 6.10 Å². The average molecular weight is 300 g/mol. The number of rotatable bonds is 1. The molecule has 1 saturated heterocycles. The summed E-state index contributed by atoms with van der Waals surface area (Å²) >= 11 is 6.18. The average Bonchev–Trinajstić information content (AvgIpc) is 2.55. The maximum absolute atomic E-state index is 6.18. The van der Waals surface area contributed by atoms with Gasteiger partial charge in [0.15, 0.2) is 0 Å². The Kier molecular flexibility index (Phi) is 3.36. The van der Waals surface area contributed by atoms with E-state index < -0.39 is 0 Å². The first kappa shape index (κ1) is 13.2. The van der Waals surface area contributed by atoms with Gasteiger partial charge in [-0.1, -0.05) is 41.9 Å². The zero-order chi connectivity index (χ0) is 14.2. The van der Waals surface area contributed by atoms with Crippen LogP contribution in [0.25, 0.3) is 0 Å². The van der Waals surface area contributed by atoms with Gasteiger partial charge in [-0.3, -0.25) is 0 Å². The third kappa shape index (κ3) is 2.33. The number of hydrogen-bond acceptors (Lipinski definition) is 2. The number of ether oxygens (including phenoxy) is 1.